The van der Waals surface area contributed by atoms with Crippen LogP contribution < -0.4 is 5.43 Å². The molecule has 1 amide bonds. The summed E-state index contributed by atoms with van der Waals surface area (Å²) in [5.74, 6) is -0.415. The van der Waals surface area contributed by atoms with Crippen LogP contribution in [0.25, 0.3) is 0 Å². The number of unbranched alkanes of at least 4 members (excludes halogenated alkanes) is 2. The van der Waals surface area contributed by atoms with E-state index in [2.05, 4.69) is 17.1 Å². The molecular formula is C20H32N2O4. The van der Waals surface area contributed by atoms with Gasteiger partial charge in [0.1, 0.15) is 0 Å². The minimum atomic E-state index is -0.365. The van der Waals surface area contributed by atoms with E-state index in [4.69, 9.17) is 0 Å². The van der Waals surface area contributed by atoms with Gasteiger partial charge in [-0.1, -0.05) is 38.3 Å². The van der Waals surface area contributed by atoms with Crippen molar-refractivity contribution >= 4 is 11.9 Å². The molecule has 0 radical (unpaired) electrons. The predicted octanol–water partition coefficient (Wildman–Crippen LogP) is 2.70. The molecule has 6 heteroatoms. The molecule has 1 rings (SSSR count). The lowest BCUT2D eigenvalue weighted by Crippen LogP contribution is -2.44. The van der Waals surface area contributed by atoms with E-state index >= 15 is 0 Å². The number of aliphatic hydroxyl groups is 1. The Morgan fingerprint density at radius 1 is 1.19 bits per heavy atom. The molecule has 1 atom stereocenters. The SMILES string of the molecule is CCCCCC(O)CCN(NCCc1ccc(C(=O)OC)cc1)C(C)=O. The second-order valence-corrected chi connectivity index (χ2v) is 6.46. The second-order valence-electron chi connectivity index (χ2n) is 6.46. The minimum Gasteiger partial charge on any atom is -0.465 e. The summed E-state index contributed by atoms with van der Waals surface area (Å²) < 4.78 is 4.68. The molecule has 6 nitrogen and oxygen atoms in total. The highest BCUT2D eigenvalue weighted by Crippen LogP contribution is 2.08. The lowest BCUT2D eigenvalue weighted by atomic mass is 10.1. The predicted molar refractivity (Wildman–Crippen MR) is 102 cm³/mol. The van der Waals surface area contributed by atoms with Gasteiger partial charge in [-0.2, -0.15) is 0 Å². The zero-order valence-corrected chi connectivity index (χ0v) is 16.2. The largest absolute Gasteiger partial charge is 0.465 e. The molecule has 26 heavy (non-hydrogen) atoms. The first-order valence-corrected chi connectivity index (χ1v) is 9.34. The third-order valence-electron chi connectivity index (χ3n) is 4.30. The summed E-state index contributed by atoms with van der Waals surface area (Å²) in [5, 5.41) is 11.6. The van der Waals surface area contributed by atoms with Crippen LogP contribution >= 0.6 is 0 Å². The molecule has 0 saturated carbocycles. The van der Waals surface area contributed by atoms with Crippen LogP contribution in [0.1, 0.15) is 61.9 Å². The second kappa shape index (κ2) is 12.4. The highest BCUT2D eigenvalue weighted by molar-refractivity contribution is 5.89. The van der Waals surface area contributed by atoms with Crippen molar-refractivity contribution in [2.45, 2.75) is 58.5 Å². The Kier molecular flexibility index (Phi) is 10.6. The van der Waals surface area contributed by atoms with Crippen LogP contribution in [0.15, 0.2) is 24.3 Å². The normalized spacial score (nSPS) is 11.8. The van der Waals surface area contributed by atoms with Crippen molar-refractivity contribution in [2.24, 2.45) is 0 Å². The highest BCUT2D eigenvalue weighted by Gasteiger charge is 2.11. The molecule has 0 aliphatic heterocycles. The molecule has 146 valence electrons. The molecule has 0 spiro atoms. The Bertz CT molecular complexity index is 545. The number of rotatable bonds is 12. The van der Waals surface area contributed by atoms with Crippen molar-refractivity contribution < 1.29 is 19.4 Å². The number of benzene rings is 1. The Hall–Kier alpha value is -1.92. The summed E-state index contributed by atoms with van der Waals surface area (Å²) in [4.78, 5) is 23.2. The van der Waals surface area contributed by atoms with E-state index in [9.17, 15) is 14.7 Å². The van der Waals surface area contributed by atoms with Crippen molar-refractivity contribution in [1.29, 1.82) is 0 Å². The summed E-state index contributed by atoms with van der Waals surface area (Å²) in [6.07, 6.45) is 5.00. The third-order valence-corrected chi connectivity index (χ3v) is 4.30. The van der Waals surface area contributed by atoms with E-state index in [1.807, 2.05) is 12.1 Å². The number of amides is 1. The Morgan fingerprint density at radius 2 is 1.88 bits per heavy atom. The number of nitrogens with zero attached hydrogens (tertiary/aromatic N) is 1. The number of carbonyl (C=O) groups excluding carboxylic acids is 2. The van der Waals surface area contributed by atoms with Gasteiger partial charge in [-0.25, -0.2) is 10.2 Å². The first-order valence-electron chi connectivity index (χ1n) is 9.34. The van der Waals surface area contributed by atoms with Gasteiger partial charge in [0.05, 0.1) is 18.8 Å². The first kappa shape index (κ1) is 22.1. The lowest BCUT2D eigenvalue weighted by molar-refractivity contribution is -0.132. The molecule has 1 aromatic rings. The Balaban J connectivity index is 2.37. The standard InChI is InChI=1S/C20H32N2O4/c1-4-5-6-7-19(24)13-15-22(16(2)23)21-14-12-17-8-10-18(11-9-17)20(25)26-3/h8-11,19,21,24H,4-7,12-15H2,1-3H3. The van der Waals surface area contributed by atoms with Gasteiger partial charge in [-0.05, 0) is 37.0 Å². The molecule has 0 fully saturated rings. The lowest BCUT2D eigenvalue weighted by Gasteiger charge is -2.23. The molecule has 1 aromatic carbocycles. The number of hydrogen-bond donors (Lipinski definition) is 2. The van der Waals surface area contributed by atoms with E-state index in [-0.39, 0.29) is 18.0 Å². The molecule has 0 aromatic heterocycles. The maximum absolute atomic E-state index is 11.7. The fourth-order valence-electron chi connectivity index (χ4n) is 2.66. The molecule has 0 saturated heterocycles. The van der Waals surface area contributed by atoms with Crippen LogP contribution in [-0.2, 0) is 16.0 Å². The molecule has 0 heterocycles. The zero-order valence-electron chi connectivity index (χ0n) is 16.2. The number of methoxy groups -OCH3 is 1. The molecule has 0 aliphatic carbocycles. The minimum absolute atomic E-state index is 0.0632. The van der Waals surface area contributed by atoms with Crippen molar-refractivity contribution in [2.75, 3.05) is 20.2 Å². The van der Waals surface area contributed by atoms with Gasteiger partial charge in [0.2, 0.25) is 5.91 Å². The number of carbonyl (C=O) groups is 2. The summed E-state index contributed by atoms with van der Waals surface area (Å²) in [6, 6.07) is 7.22. The van der Waals surface area contributed by atoms with E-state index in [0.29, 0.717) is 25.1 Å². The van der Waals surface area contributed by atoms with Gasteiger partial charge >= 0.3 is 5.97 Å². The van der Waals surface area contributed by atoms with Crippen LogP contribution in [0, 0.1) is 0 Å². The van der Waals surface area contributed by atoms with Crippen LogP contribution in [0.2, 0.25) is 0 Å². The molecule has 0 bridgehead atoms. The highest BCUT2D eigenvalue weighted by atomic mass is 16.5. The van der Waals surface area contributed by atoms with Gasteiger partial charge in [-0.3, -0.25) is 9.80 Å². The average Bonchev–Trinajstić information content (AvgIpc) is 2.64. The van der Waals surface area contributed by atoms with Crippen molar-refractivity contribution in [3.8, 4) is 0 Å². The Morgan fingerprint density at radius 3 is 2.46 bits per heavy atom. The zero-order chi connectivity index (χ0) is 19.4. The third kappa shape index (κ3) is 8.45. The molecular weight excluding hydrogens is 332 g/mol. The summed E-state index contributed by atoms with van der Waals surface area (Å²) in [7, 11) is 1.36. The van der Waals surface area contributed by atoms with Crippen molar-refractivity contribution in [1.82, 2.24) is 10.4 Å². The number of esters is 1. The summed E-state index contributed by atoms with van der Waals surface area (Å²) in [5.41, 5.74) is 4.70. The maximum atomic E-state index is 11.7. The maximum Gasteiger partial charge on any atom is 0.337 e. The number of hydrazine groups is 1. The van der Waals surface area contributed by atoms with Gasteiger partial charge in [0, 0.05) is 20.0 Å². The molecule has 0 aliphatic rings. The summed E-state index contributed by atoms with van der Waals surface area (Å²) in [6.45, 7) is 4.74. The number of hydrogen-bond acceptors (Lipinski definition) is 5. The summed E-state index contributed by atoms with van der Waals surface area (Å²) >= 11 is 0. The van der Waals surface area contributed by atoms with E-state index in [0.717, 1.165) is 37.7 Å². The van der Waals surface area contributed by atoms with E-state index in [1.54, 1.807) is 17.1 Å². The topological polar surface area (TPSA) is 78.9 Å². The molecule has 1 unspecified atom stereocenters. The molecule has 2 N–H and O–H groups in total. The smallest absolute Gasteiger partial charge is 0.337 e. The quantitative estimate of drug-likeness (QED) is 0.339. The van der Waals surface area contributed by atoms with Gasteiger partial charge in [-0.15, -0.1) is 0 Å². The monoisotopic (exact) mass is 364 g/mol. The van der Waals surface area contributed by atoms with Gasteiger partial charge in [0.15, 0.2) is 0 Å². The number of ether oxygens (including phenoxy) is 1. The van der Waals surface area contributed by atoms with Crippen LogP contribution in [-0.4, -0.2) is 48.3 Å². The van der Waals surface area contributed by atoms with E-state index in [1.165, 1.54) is 14.0 Å². The fraction of sp³-hybridized carbons (Fsp3) is 0.600. The fourth-order valence-corrected chi connectivity index (χ4v) is 2.66. The number of nitrogens with one attached hydrogen (secondary N) is 1. The van der Waals surface area contributed by atoms with Crippen molar-refractivity contribution in [3.63, 3.8) is 0 Å². The van der Waals surface area contributed by atoms with Gasteiger partial charge < -0.3 is 9.84 Å². The Labute approximate surface area is 156 Å². The van der Waals surface area contributed by atoms with Crippen molar-refractivity contribution in [3.05, 3.63) is 35.4 Å². The van der Waals surface area contributed by atoms with Crippen LogP contribution in [0.5, 0.6) is 0 Å². The van der Waals surface area contributed by atoms with Crippen LogP contribution in [0.4, 0.5) is 0 Å². The van der Waals surface area contributed by atoms with Crippen LogP contribution in [0.3, 0.4) is 0 Å². The first-order chi connectivity index (χ1) is 12.5. The average molecular weight is 364 g/mol. The van der Waals surface area contributed by atoms with Gasteiger partial charge in [0.25, 0.3) is 0 Å². The number of aliphatic hydroxyl groups excluding tert-OH is 1. The van der Waals surface area contributed by atoms with E-state index < -0.39 is 0 Å².